The van der Waals surface area contributed by atoms with Gasteiger partial charge in [0.1, 0.15) is 12.6 Å². The second kappa shape index (κ2) is 9.74. The maximum atomic E-state index is 12.1. The average Bonchev–Trinajstić information content (AvgIpc) is 2.64. The molecule has 25 heavy (non-hydrogen) atoms. The molecule has 0 saturated carbocycles. The molecular formula is C19H22N2O3S. The summed E-state index contributed by atoms with van der Waals surface area (Å²) in [6.45, 7) is 0.157. The fourth-order valence-electron chi connectivity index (χ4n) is 2.34. The highest BCUT2D eigenvalue weighted by Crippen LogP contribution is 2.19. The molecule has 0 unspecified atom stereocenters. The molecule has 2 amide bonds. The lowest BCUT2D eigenvalue weighted by molar-refractivity contribution is -0.147. The molecule has 0 aromatic heterocycles. The van der Waals surface area contributed by atoms with E-state index in [1.54, 1.807) is 11.8 Å². The van der Waals surface area contributed by atoms with Crippen molar-refractivity contribution in [1.82, 2.24) is 5.32 Å². The Hall–Kier alpha value is -2.47. The lowest BCUT2D eigenvalue weighted by Crippen LogP contribution is -2.44. The summed E-state index contributed by atoms with van der Waals surface area (Å²) >= 11 is 1.59. The third-order valence-corrected chi connectivity index (χ3v) is 4.30. The van der Waals surface area contributed by atoms with Crippen LogP contribution < -0.4 is 11.1 Å². The highest BCUT2D eigenvalue weighted by atomic mass is 32.2. The second-order valence-electron chi connectivity index (χ2n) is 5.51. The summed E-state index contributed by atoms with van der Waals surface area (Å²) in [6, 6.07) is 16.4. The number of benzene rings is 2. The number of rotatable bonds is 8. The van der Waals surface area contributed by atoms with Crippen LogP contribution in [0.5, 0.6) is 0 Å². The van der Waals surface area contributed by atoms with E-state index >= 15 is 0 Å². The monoisotopic (exact) mass is 358 g/mol. The van der Waals surface area contributed by atoms with E-state index in [2.05, 4.69) is 5.32 Å². The number of urea groups is 1. The number of nitrogens with one attached hydrogen (secondary N) is 1. The first kappa shape index (κ1) is 18.9. The first-order valence-corrected chi connectivity index (χ1v) is 9.35. The zero-order chi connectivity index (χ0) is 18.1. The third kappa shape index (κ3) is 6.15. The summed E-state index contributed by atoms with van der Waals surface area (Å²) < 4.78 is 5.32. The Labute approximate surface area is 151 Å². The van der Waals surface area contributed by atoms with Gasteiger partial charge in [-0.25, -0.2) is 9.59 Å². The average molecular weight is 358 g/mol. The predicted octanol–water partition coefficient (Wildman–Crippen LogP) is 3.19. The number of thioether (sulfide) groups is 1. The molecule has 0 saturated heterocycles. The smallest absolute Gasteiger partial charge is 0.329 e. The Morgan fingerprint density at radius 3 is 2.32 bits per heavy atom. The van der Waals surface area contributed by atoms with Gasteiger partial charge in [0.25, 0.3) is 0 Å². The Kier molecular flexibility index (Phi) is 7.35. The van der Waals surface area contributed by atoms with Crippen LogP contribution in [0.4, 0.5) is 4.79 Å². The molecule has 1 atom stereocenters. The summed E-state index contributed by atoms with van der Waals surface area (Å²) in [7, 11) is 0. The van der Waals surface area contributed by atoms with Gasteiger partial charge >= 0.3 is 12.0 Å². The van der Waals surface area contributed by atoms with Crippen LogP contribution in [0, 0.1) is 0 Å². The van der Waals surface area contributed by atoms with Gasteiger partial charge in [-0.1, -0.05) is 54.6 Å². The molecule has 0 bridgehead atoms. The Morgan fingerprint density at radius 1 is 1.08 bits per heavy atom. The number of esters is 1. The molecule has 0 aliphatic heterocycles. The van der Waals surface area contributed by atoms with Crippen molar-refractivity contribution in [3.05, 3.63) is 60.2 Å². The SMILES string of the molecule is CSCC[C@@H](NC(N)=O)C(=O)OCc1ccc(-c2ccccc2)cc1. The van der Waals surface area contributed by atoms with Gasteiger partial charge in [-0.3, -0.25) is 0 Å². The molecule has 2 aromatic carbocycles. The standard InChI is InChI=1S/C19H22N2O3S/c1-25-12-11-17(21-19(20)23)18(22)24-13-14-7-9-16(10-8-14)15-5-3-2-4-6-15/h2-10,17H,11-13H2,1H3,(H3,20,21,23)/t17-/m1/s1. The molecule has 0 heterocycles. The maximum Gasteiger partial charge on any atom is 0.329 e. The Morgan fingerprint density at radius 2 is 1.72 bits per heavy atom. The number of hydrogen-bond acceptors (Lipinski definition) is 4. The van der Waals surface area contributed by atoms with Gasteiger partial charge in [0.05, 0.1) is 0 Å². The minimum absolute atomic E-state index is 0.157. The molecule has 5 nitrogen and oxygen atoms in total. The Bertz CT molecular complexity index is 690. The van der Waals surface area contributed by atoms with Gasteiger partial charge in [0, 0.05) is 0 Å². The number of carbonyl (C=O) groups is 2. The fourth-order valence-corrected chi connectivity index (χ4v) is 2.81. The maximum absolute atomic E-state index is 12.1. The van der Waals surface area contributed by atoms with Crippen molar-refractivity contribution in [1.29, 1.82) is 0 Å². The molecule has 6 heteroatoms. The van der Waals surface area contributed by atoms with Crippen LogP contribution in [0.25, 0.3) is 11.1 Å². The van der Waals surface area contributed by atoms with E-state index < -0.39 is 18.0 Å². The van der Waals surface area contributed by atoms with E-state index in [0.717, 1.165) is 22.4 Å². The summed E-state index contributed by atoms with van der Waals surface area (Å²) in [5.41, 5.74) is 8.24. The second-order valence-corrected chi connectivity index (χ2v) is 6.50. The number of primary amides is 1. The minimum Gasteiger partial charge on any atom is -0.459 e. The topological polar surface area (TPSA) is 81.4 Å². The van der Waals surface area contributed by atoms with Crippen molar-refractivity contribution in [2.24, 2.45) is 5.73 Å². The first-order chi connectivity index (χ1) is 12.1. The lowest BCUT2D eigenvalue weighted by Gasteiger charge is -2.16. The van der Waals surface area contributed by atoms with Crippen LogP contribution in [0.3, 0.4) is 0 Å². The summed E-state index contributed by atoms with van der Waals surface area (Å²) in [5.74, 6) is 0.256. The number of ether oxygens (including phenoxy) is 1. The minimum atomic E-state index is -0.727. The third-order valence-electron chi connectivity index (χ3n) is 3.65. The van der Waals surface area contributed by atoms with Crippen LogP contribution in [0.2, 0.25) is 0 Å². The van der Waals surface area contributed by atoms with Crippen LogP contribution in [0.1, 0.15) is 12.0 Å². The molecule has 0 fully saturated rings. The van der Waals surface area contributed by atoms with E-state index in [9.17, 15) is 9.59 Å². The molecule has 0 aliphatic carbocycles. The van der Waals surface area contributed by atoms with Crippen molar-refractivity contribution < 1.29 is 14.3 Å². The summed E-state index contributed by atoms with van der Waals surface area (Å²) in [6.07, 6.45) is 2.41. The van der Waals surface area contributed by atoms with Gasteiger partial charge in [-0.05, 0) is 35.1 Å². The highest BCUT2D eigenvalue weighted by Gasteiger charge is 2.20. The van der Waals surface area contributed by atoms with Gasteiger partial charge in [0.15, 0.2) is 0 Å². The first-order valence-electron chi connectivity index (χ1n) is 7.96. The molecule has 0 radical (unpaired) electrons. The Balaban J connectivity index is 1.92. The molecular weight excluding hydrogens is 336 g/mol. The lowest BCUT2D eigenvalue weighted by atomic mass is 10.0. The van der Waals surface area contributed by atoms with E-state index in [0.29, 0.717) is 6.42 Å². The predicted molar refractivity (Wildman–Crippen MR) is 101 cm³/mol. The number of hydrogen-bond donors (Lipinski definition) is 2. The zero-order valence-electron chi connectivity index (χ0n) is 14.1. The molecule has 2 rings (SSSR count). The van der Waals surface area contributed by atoms with Gasteiger partial charge < -0.3 is 15.8 Å². The summed E-state index contributed by atoms with van der Waals surface area (Å²) in [4.78, 5) is 23.2. The van der Waals surface area contributed by atoms with Crippen molar-refractivity contribution in [3.63, 3.8) is 0 Å². The van der Waals surface area contributed by atoms with Gasteiger partial charge in [-0.15, -0.1) is 0 Å². The van der Waals surface area contributed by atoms with Crippen LogP contribution >= 0.6 is 11.8 Å². The number of amides is 2. The largest absolute Gasteiger partial charge is 0.459 e. The molecule has 3 N–H and O–H groups in total. The van der Waals surface area contributed by atoms with Crippen molar-refractivity contribution in [2.75, 3.05) is 12.0 Å². The highest BCUT2D eigenvalue weighted by molar-refractivity contribution is 7.98. The van der Waals surface area contributed by atoms with Crippen LogP contribution in [-0.4, -0.2) is 30.1 Å². The number of carbonyl (C=O) groups excluding carboxylic acids is 2. The summed E-state index contributed by atoms with van der Waals surface area (Å²) in [5, 5.41) is 2.43. The van der Waals surface area contributed by atoms with Crippen molar-refractivity contribution in [3.8, 4) is 11.1 Å². The van der Waals surface area contributed by atoms with Gasteiger partial charge in [0.2, 0.25) is 0 Å². The molecule has 132 valence electrons. The van der Waals surface area contributed by atoms with Crippen LogP contribution in [-0.2, 0) is 16.1 Å². The van der Waals surface area contributed by atoms with E-state index in [4.69, 9.17) is 10.5 Å². The molecule has 0 spiro atoms. The fraction of sp³-hybridized carbons (Fsp3) is 0.263. The van der Waals surface area contributed by atoms with Crippen molar-refractivity contribution in [2.45, 2.75) is 19.1 Å². The van der Waals surface area contributed by atoms with E-state index in [1.165, 1.54) is 0 Å². The molecule has 0 aliphatic rings. The van der Waals surface area contributed by atoms with Gasteiger partial charge in [-0.2, -0.15) is 11.8 Å². The quantitative estimate of drug-likeness (QED) is 0.710. The van der Waals surface area contributed by atoms with E-state index in [-0.39, 0.29) is 6.61 Å². The van der Waals surface area contributed by atoms with Crippen molar-refractivity contribution >= 4 is 23.8 Å². The number of nitrogens with two attached hydrogens (primary N) is 1. The molecule has 2 aromatic rings. The van der Waals surface area contributed by atoms with E-state index in [1.807, 2.05) is 60.9 Å². The normalized spacial score (nSPS) is 11.6. The van der Waals surface area contributed by atoms with Crippen LogP contribution in [0.15, 0.2) is 54.6 Å². The zero-order valence-corrected chi connectivity index (χ0v) is 14.9.